The van der Waals surface area contributed by atoms with Gasteiger partial charge in [-0.05, 0) is 30.9 Å². The topological polar surface area (TPSA) is 85.8 Å². The third kappa shape index (κ3) is 2.51. The van der Waals surface area contributed by atoms with Crippen molar-refractivity contribution in [2.24, 2.45) is 0 Å². The molecule has 2 amide bonds. The number of amides is 2. The van der Waals surface area contributed by atoms with Gasteiger partial charge in [-0.2, -0.15) is 0 Å². The van der Waals surface area contributed by atoms with Crippen LogP contribution in [0.5, 0.6) is 0 Å². The summed E-state index contributed by atoms with van der Waals surface area (Å²) in [5.41, 5.74) is 1.17. The van der Waals surface area contributed by atoms with Gasteiger partial charge in [0.2, 0.25) is 5.91 Å². The molecule has 0 radical (unpaired) electrons. The SMILES string of the molecule is CN1CCc2ccc(NC(=O)[C@@H]3CCCN3C(=O)O)nc21. The van der Waals surface area contributed by atoms with Crippen LogP contribution in [-0.2, 0) is 11.2 Å². The van der Waals surface area contributed by atoms with Crippen LogP contribution in [0, 0.1) is 0 Å². The summed E-state index contributed by atoms with van der Waals surface area (Å²) in [6.07, 6.45) is 1.19. The minimum Gasteiger partial charge on any atom is -0.465 e. The van der Waals surface area contributed by atoms with Gasteiger partial charge in [0, 0.05) is 20.1 Å². The van der Waals surface area contributed by atoms with Gasteiger partial charge in [-0.15, -0.1) is 0 Å². The molecule has 3 rings (SSSR count). The fourth-order valence-corrected chi connectivity index (χ4v) is 2.94. The largest absolute Gasteiger partial charge is 0.465 e. The average Bonchev–Trinajstić information content (AvgIpc) is 3.06. The highest BCUT2D eigenvalue weighted by molar-refractivity contribution is 5.96. The first-order valence-electron chi connectivity index (χ1n) is 7.08. The van der Waals surface area contributed by atoms with E-state index in [1.165, 1.54) is 10.5 Å². The van der Waals surface area contributed by atoms with Gasteiger partial charge in [0.15, 0.2) is 0 Å². The van der Waals surface area contributed by atoms with Gasteiger partial charge in [0.25, 0.3) is 0 Å². The van der Waals surface area contributed by atoms with Gasteiger partial charge < -0.3 is 15.3 Å². The number of fused-ring (bicyclic) bond motifs is 1. The first-order valence-corrected chi connectivity index (χ1v) is 7.08. The van der Waals surface area contributed by atoms with Gasteiger partial charge in [-0.3, -0.25) is 9.69 Å². The predicted molar refractivity (Wildman–Crippen MR) is 77.6 cm³/mol. The maximum Gasteiger partial charge on any atom is 0.407 e. The van der Waals surface area contributed by atoms with E-state index in [2.05, 4.69) is 10.3 Å². The summed E-state index contributed by atoms with van der Waals surface area (Å²) in [5, 5.41) is 11.8. The van der Waals surface area contributed by atoms with Crippen molar-refractivity contribution in [3.05, 3.63) is 17.7 Å². The standard InChI is InChI=1S/C14H18N4O3/c1-17-8-6-9-4-5-11(15-12(9)17)16-13(19)10-3-2-7-18(10)14(20)21/h4-5,10H,2-3,6-8H2,1H3,(H,20,21)(H,15,16,19)/t10-/m0/s1. The van der Waals surface area contributed by atoms with Crippen LogP contribution in [0.2, 0.25) is 0 Å². The molecule has 1 aromatic heterocycles. The Bertz CT molecular complexity index is 590. The van der Waals surface area contributed by atoms with Crippen LogP contribution in [0.4, 0.5) is 16.4 Å². The number of rotatable bonds is 2. The van der Waals surface area contributed by atoms with E-state index in [9.17, 15) is 9.59 Å². The lowest BCUT2D eigenvalue weighted by Gasteiger charge is -2.20. The quantitative estimate of drug-likeness (QED) is 0.853. The maximum atomic E-state index is 12.2. The zero-order chi connectivity index (χ0) is 15.0. The summed E-state index contributed by atoms with van der Waals surface area (Å²) < 4.78 is 0. The summed E-state index contributed by atoms with van der Waals surface area (Å²) in [4.78, 5) is 31.0. The molecule has 2 N–H and O–H groups in total. The Kier molecular flexibility index (Phi) is 3.40. The molecule has 1 fully saturated rings. The maximum absolute atomic E-state index is 12.2. The molecule has 21 heavy (non-hydrogen) atoms. The summed E-state index contributed by atoms with van der Waals surface area (Å²) in [7, 11) is 1.97. The molecule has 0 spiro atoms. The van der Waals surface area contributed by atoms with Crippen LogP contribution < -0.4 is 10.2 Å². The van der Waals surface area contributed by atoms with Gasteiger partial charge >= 0.3 is 6.09 Å². The second-order valence-electron chi connectivity index (χ2n) is 5.47. The molecule has 0 aliphatic carbocycles. The van der Waals surface area contributed by atoms with Gasteiger partial charge in [-0.1, -0.05) is 6.07 Å². The molecule has 0 aromatic carbocycles. The molecule has 112 valence electrons. The van der Waals surface area contributed by atoms with Gasteiger partial charge in [0.1, 0.15) is 17.7 Å². The lowest BCUT2D eigenvalue weighted by Crippen LogP contribution is -2.42. The predicted octanol–water partition coefficient (Wildman–Crippen LogP) is 1.15. The van der Waals surface area contributed by atoms with E-state index < -0.39 is 12.1 Å². The number of nitrogens with zero attached hydrogens (tertiary/aromatic N) is 3. The van der Waals surface area contributed by atoms with Crippen molar-refractivity contribution >= 4 is 23.6 Å². The Hall–Kier alpha value is -2.31. The molecular formula is C14H18N4O3. The number of carbonyl (C=O) groups is 2. The minimum atomic E-state index is -1.05. The van der Waals surface area contributed by atoms with Crippen molar-refractivity contribution in [3.8, 4) is 0 Å². The summed E-state index contributed by atoms with van der Waals surface area (Å²) in [6.45, 7) is 1.34. The molecule has 1 saturated heterocycles. The highest BCUT2D eigenvalue weighted by Gasteiger charge is 2.34. The first kappa shape index (κ1) is 13.7. The normalized spacial score (nSPS) is 20.5. The Balaban J connectivity index is 1.73. The fourth-order valence-electron chi connectivity index (χ4n) is 2.94. The van der Waals surface area contributed by atoms with E-state index in [0.29, 0.717) is 25.2 Å². The van der Waals surface area contributed by atoms with Gasteiger partial charge in [-0.25, -0.2) is 9.78 Å². The lowest BCUT2D eigenvalue weighted by atomic mass is 10.2. The summed E-state index contributed by atoms with van der Waals surface area (Å²) in [6, 6.07) is 3.12. The van der Waals surface area contributed by atoms with Gasteiger partial charge in [0.05, 0.1) is 0 Å². The average molecular weight is 290 g/mol. The third-order valence-electron chi connectivity index (χ3n) is 4.09. The number of pyridine rings is 1. The zero-order valence-electron chi connectivity index (χ0n) is 11.9. The van der Waals surface area contributed by atoms with Crippen molar-refractivity contribution in [2.45, 2.75) is 25.3 Å². The molecule has 0 unspecified atom stereocenters. The Labute approximate surface area is 122 Å². The van der Waals surface area contributed by atoms with E-state index in [-0.39, 0.29) is 5.91 Å². The summed E-state index contributed by atoms with van der Waals surface area (Å²) >= 11 is 0. The molecule has 7 nitrogen and oxygen atoms in total. The number of likely N-dealkylation sites (tertiary alicyclic amines) is 1. The van der Waals surface area contributed by atoms with Crippen LogP contribution in [0.15, 0.2) is 12.1 Å². The third-order valence-corrected chi connectivity index (χ3v) is 4.09. The van der Waals surface area contributed by atoms with E-state index in [1.807, 2.05) is 18.0 Å². The molecular weight excluding hydrogens is 272 g/mol. The van der Waals surface area contributed by atoms with E-state index in [4.69, 9.17) is 5.11 Å². The molecule has 2 aliphatic heterocycles. The molecule has 1 atom stereocenters. The van der Waals surface area contributed by atoms with Crippen LogP contribution in [-0.4, -0.2) is 53.2 Å². The summed E-state index contributed by atoms with van der Waals surface area (Å²) in [5.74, 6) is 1.06. The Morgan fingerprint density at radius 3 is 2.95 bits per heavy atom. The highest BCUT2D eigenvalue weighted by Crippen LogP contribution is 2.26. The van der Waals surface area contributed by atoms with Crippen molar-refractivity contribution < 1.29 is 14.7 Å². The molecule has 2 aliphatic rings. The van der Waals surface area contributed by atoms with Crippen molar-refractivity contribution in [1.29, 1.82) is 0 Å². The molecule has 0 saturated carbocycles. The number of likely N-dealkylation sites (N-methyl/N-ethyl adjacent to an activating group) is 1. The zero-order valence-corrected chi connectivity index (χ0v) is 11.9. The number of anilines is 2. The molecule has 0 bridgehead atoms. The number of aromatic nitrogens is 1. The van der Waals surface area contributed by atoms with Crippen molar-refractivity contribution in [1.82, 2.24) is 9.88 Å². The number of carbonyl (C=O) groups excluding carboxylic acids is 1. The number of nitrogens with one attached hydrogen (secondary N) is 1. The van der Waals surface area contributed by atoms with Crippen molar-refractivity contribution in [3.63, 3.8) is 0 Å². The van der Waals surface area contributed by atoms with E-state index in [0.717, 1.165) is 18.8 Å². The first-order chi connectivity index (χ1) is 10.1. The highest BCUT2D eigenvalue weighted by atomic mass is 16.4. The lowest BCUT2D eigenvalue weighted by molar-refractivity contribution is -0.119. The number of carboxylic acid groups (broad SMARTS) is 1. The van der Waals surface area contributed by atoms with Crippen LogP contribution in [0.3, 0.4) is 0 Å². The second-order valence-corrected chi connectivity index (χ2v) is 5.47. The smallest absolute Gasteiger partial charge is 0.407 e. The molecule has 3 heterocycles. The van der Waals surface area contributed by atoms with Crippen LogP contribution in [0.25, 0.3) is 0 Å². The number of hydrogen-bond donors (Lipinski definition) is 2. The van der Waals surface area contributed by atoms with E-state index >= 15 is 0 Å². The Morgan fingerprint density at radius 2 is 2.19 bits per heavy atom. The molecule has 7 heteroatoms. The van der Waals surface area contributed by atoms with Crippen LogP contribution in [0.1, 0.15) is 18.4 Å². The second kappa shape index (κ2) is 5.23. The minimum absolute atomic E-state index is 0.303. The Morgan fingerprint density at radius 1 is 1.38 bits per heavy atom. The van der Waals surface area contributed by atoms with E-state index in [1.54, 1.807) is 6.07 Å². The number of hydrogen-bond acceptors (Lipinski definition) is 4. The fraction of sp³-hybridized carbons (Fsp3) is 0.500. The monoisotopic (exact) mass is 290 g/mol. The van der Waals surface area contributed by atoms with Crippen LogP contribution >= 0.6 is 0 Å². The van der Waals surface area contributed by atoms with Crippen molar-refractivity contribution in [2.75, 3.05) is 30.4 Å². The molecule has 1 aromatic rings.